The molecular formula is C16H20BrN3O3. The van der Waals surface area contributed by atoms with Gasteiger partial charge in [-0.05, 0) is 40.9 Å². The van der Waals surface area contributed by atoms with E-state index in [4.69, 9.17) is 4.42 Å². The van der Waals surface area contributed by atoms with Crippen molar-refractivity contribution in [3.63, 3.8) is 0 Å². The van der Waals surface area contributed by atoms with E-state index < -0.39 is 0 Å². The topological polar surface area (TPSA) is 71.5 Å². The van der Waals surface area contributed by atoms with Crippen LogP contribution in [0.1, 0.15) is 35.6 Å². The second kappa shape index (κ2) is 6.88. The van der Waals surface area contributed by atoms with Crippen molar-refractivity contribution >= 4 is 21.8 Å². The molecule has 0 aliphatic heterocycles. The first-order valence-corrected chi connectivity index (χ1v) is 8.52. The van der Waals surface area contributed by atoms with Crippen LogP contribution in [0.4, 0.5) is 0 Å². The van der Waals surface area contributed by atoms with Gasteiger partial charge in [-0.15, -0.1) is 0 Å². The van der Waals surface area contributed by atoms with Crippen LogP contribution in [0.2, 0.25) is 0 Å². The smallest absolute Gasteiger partial charge is 0.289 e. The van der Waals surface area contributed by atoms with Gasteiger partial charge in [0.15, 0.2) is 5.76 Å². The molecule has 6 nitrogen and oxygen atoms in total. The van der Waals surface area contributed by atoms with E-state index in [0.717, 1.165) is 23.7 Å². The second-order valence-corrected chi connectivity index (χ2v) is 6.98. The number of aliphatic hydroxyl groups is 1. The molecule has 0 bridgehead atoms. The number of hydrogen-bond acceptors (Lipinski definition) is 4. The van der Waals surface area contributed by atoms with Crippen LogP contribution in [0, 0.1) is 5.92 Å². The van der Waals surface area contributed by atoms with Gasteiger partial charge in [-0.2, -0.15) is 5.10 Å². The minimum absolute atomic E-state index is 0.156. The quantitative estimate of drug-likeness (QED) is 0.863. The summed E-state index contributed by atoms with van der Waals surface area (Å²) in [6.07, 6.45) is 6.08. The molecule has 0 radical (unpaired) electrons. The Labute approximate surface area is 143 Å². The zero-order valence-corrected chi connectivity index (χ0v) is 14.6. The molecule has 0 saturated heterocycles. The number of hydrogen-bond donors (Lipinski definition) is 1. The van der Waals surface area contributed by atoms with Crippen LogP contribution in [0.5, 0.6) is 0 Å². The van der Waals surface area contributed by atoms with Gasteiger partial charge >= 0.3 is 0 Å². The monoisotopic (exact) mass is 381 g/mol. The molecule has 1 aliphatic carbocycles. The molecule has 2 aromatic heterocycles. The fourth-order valence-corrected chi connectivity index (χ4v) is 3.34. The Bertz CT molecular complexity index is 682. The first kappa shape index (κ1) is 16.3. The molecule has 2 atom stereocenters. The molecule has 7 heteroatoms. The van der Waals surface area contributed by atoms with Gasteiger partial charge in [-0.1, -0.05) is 6.42 Å². The van der Waals surface area contributed by atoms with Crippen molar-refractivity contribution in [2.75, 3.05) is 13.6 Å². The van der Waals surface area contributed by atoms with Crippen molar-refractivity contribution in [3.8, 4) is 0 Å². The van der Waals surface area contributed by atoms with Crippen molar-refractivity contribution in [1.29, 1.82) is 0 Å². The van der Waals surface area contributed by atoms with Gasteiger partial charge in [0, 0.05) is 25.7 Å². The van der Waals surface area contributed by atoms with E-state index >= 15 is 0 Å². The molecule has 2 heterocycles. The standard InChI is InChI=1S/C16H20BrN3O3/c1-19(8-11-3-2-4-14(11)21)16(22)15-6-5-13(23-15)10-20-9-12(17)7-18-20/h5-7,9,11,14,21H,2-4,8,10H2,1H3/t11-,14+/m0/s1. The average molecular weight is 382 g/mol. The van der Waals surface area contributed by atoms with Gasteiger partial charge in [0.25, 0.3) is 5.91 Å². The molecule has 1 amide bonds. The highest BCUT2D eigenvalue weighted by atomic mass is 79.9. The fraction of sp³-hybridized carbons (Fsp3) is 0.500. The summed E-state index contributed by atoms with van der Waals surface area (Å²) in [7, 11) is 1.75. The number of furan rings is 1. The lowest BCUT2D eigenvalue weighted by Crippen LogP contribution is -2.34. The fourth-order valence-electron chi connectivity index (χ4n) is 3.02. The predicted octanol–water partition coefficient (Wildman–Crippen LogP) is 2.52. The van der Waals surface area contributed by atoms with E-state index in [0.29, 0.717) is 24.6 Å². The Balaban J connectivity index is 1.61. The highest BCUT2D eigenvalue weighted by molar-refractivity contribution is 9.10. The molecular weight excluding hydrogens is 362 g/mol. The maximum Gasteiger partial charge on any atom is 0.289 e. The van der Waals surface area contributed by atoms with Crippen molar-refractivity contribution in [2.24, 2.45) is 5.92 Å². The van der Waals surface area contributed by atoms with E-state index in [1.165, 1.54) is 0 Å². The van der Waals surface area contributed by atoms with Crippen molar-refractivity contribution in [2.45, 2.75) is 31.9 Å². The number of aliphatic hydroxyl groups excluding tert-OH is 1. The SMILES string of the molecule is CN(C[C@@H]1CCC[C@H]1O)C(=O)c1ccc(Cn2cc(Br)cn2)o1. The number of nitrogens with zero attached hydrogens (tertiary/aromatic N) is 3. The van der Waals surface area contributed by atoms with Crippen molar-refractivity contribution < 1.29 is 14.3 Å². The lowest BCUT2D eigenvalue weighted by Gasteiger charge is -2.22. The normalized spacial score (nSPS) is 20.8. The third-order valence-corrected chi connectivity index (χ3v) is 4.68. The first-order valence-electron chi connectivity index (χ1n) is 7.73. The predicted molar refractivity (Wildman–Crippen MR) is 88.0 cm³/mol. The number of halogens is 1. The molecule has 1 aliphatic rings. The molecule has 1 saturated carbocycles. The number of carbonyl (C=O) groups is 1. The van der Waals surface area contributed by atoms with E-state index in [1.54, 1.807) is 35.0 Å². The van der Waals surface area contributed by atoms with Crippen molar-refractivity contribution in [3.05, 3.63) is 40.5 Å². The molecule has 3 rings (SSSR count). The van der Waals surface area contributed by atoms with E-state index in [1.807, 2.05) is 6.20 Å². The van der Waals surface area contributed by atoms with Gasteiger partial charge < -0.3 is 14.4 Å². The number of carbonyl (C=O) groups excluding carboxylic acids is 1. The van der Waals surface area contributed by atoms with Crippen LogP contribution >= 0.6 is 15.9 Å². The first-order chi connectivity index (χ1) is 11.0. The van der Waals surface area contributed by atoms with E-state index in [9.17, 15) is 9.90 Å². The summed E-state index contributed by atoms with van der Waals surface area (Å²) in [5.41, 5.74) is 0. The molecule has 1 fully saturated rings. The Morgan fingerprint density at radius 3 is 3.00 bits per heavy atom. The summed E-state index contributed by atoms with van der Waals surface area (Å²) in [5, 5.41) is 14.0. The Kier molecular flexibility index (Phi) is 4.87. The number of rotatable bonds is 5. The third-order valence-electron chi connectivity index (χ3n) is 4.27. The van der Waals surface area contributed by atoms with Gasteiger partial charge in [0.05, 0.1) is 23.3 Å². The van der Waals surface area contributed by atoms with Crippen molar-refractivity contribution in [1.82, 2.24) is 14.7 Å². The number of aromatic nitrogens is 2. The molecule has 2 aromatic rings. The Morgan fingerprint density at radius 2 is 2.35 bits per heavy atom. The maximum absolute atomic E-state index is 12.4. The van der Waals surface area contributed by atoms with Crippen LogP contribution in [0.25, 0.3) is 0 Å². The second-order valence-electron chi connectivity index (χ2n) is 6.07. The van der Waals surface area contributed by atoms with Crippen LogP contribution in [0.15, 0.2) is 33.4 Å². The molecule has 1 N–H and O–H groups in total. The lowest BCUT2D eigenvalue weighted by atomic mass is 10.1. The van der Waals surface area contributed by atoms with Gasteiger partial charge in [0.1, 0.15) is 5.76 Å². The Morgan fingerprint density at radius 1 is 1.52 bits per heavy atom. The third kappa shape index (κ3) is 3.84. The molecule has 124 valence electrons. The molecule has 0 aromatic carbocycles. The van der Waals surface area contributed by atoms with Gasteiger partial charge in [-0.3, -0.25) is 9.48 Å². The van der Waals surface area contributed by atoms with Crippen LogP contribution in [0.3, 0.4) is 0 Å². The van der Waals surface area contributed by atoms with Gasteiger partial charge in [-0.25, -0.2) is 0 Å². The summed E-state index contributed by atoms with van der Waals surface area (Å²) in [4.78, 5) is 14.1. The maximum atomic E-state index is 12.4. The van der Waals surface area contributed by atoms with E-state index in [2.05, 4.69) is 21.0 Å². The Hall–Kier alpha value is -1.60. The molecule has 0 unspecified atom stereocenters. The molecule has 23 heavy (non-hydrogen) atoms. The largest absolute Gasteiger partial charge is 0.454 e. The zero-order chi connectivity index (χ0) is 16.4. The average Bonchev–Trinajstić information content (AvgIpc) is 3.23. The van der Waals surface area contributed by atoms with Crippen LogP contribution < -0.4 is 0 Å². The van der Waals surface area contributed by atoms with Gasteiger partial charge in [0.2, 0.25) is 0 Å². The summed E-state index contributed by atoms with van der Waals surface area (Å²) >= 11 is 3.34. The number of amides is 1. The summed E-state index contributed by atoms with van der Waals surface area (Å²) in [6, 6.07) is 3.48. The highest BCUT2D eigenvalue weighted by Gasteiger charge is 2.28. The zero-order valence-electron chi connectivity index (χ0n) is 13.0. The lowest BCUT2D eigenvalue weighted by molar-refractivity contribution is 0.0663. The summed E-state index contributed by atoms with van der Waals surface area (Å²) in [5.74, 6) is 1.01. The summed E-state index contributed by atoms with van der Waals surface area (Å²) in [6.45, 7) is 1.03. The summed E-state index contributed by atoms with van der Waals surface area (Å²) < 4.78 is 8.27. The minimum Gasteiger partial charge on any atom is -0.454 e. The van der Waals surface area contributed by atoms with E-state index in [-0.39, 0.29) is 17.9 Å². The minimum atomic E-state index is -0.296. The highest BCUT2D eigenvalue weighted by Crippen LogP contribution is 2.26. The van der Waals surface area contributed by atoms with Crippen LogP contribution in [-0.4, -0.2) is 45.4 Å². The molecule has 0 spiro atoms. The van der Waals surface area contributed by atoms with Crippen LogP contribution in [-0.2, 0) is 6.54 Å².